The average Bonchev–Trinajstić information content (AvgIpc) is 2.45. The van der Waals surface area contributed by atoms with E-state index < -0.39 is 0 Å². The second-order valence-electron chi connectivity index (χ2n) is 4.90. The lowest BCUT2D eigenvalue weighted by molar-refractivity contribution is 0.0375. The van der Waals surface area contributed by atoms with E-state index >= 15 is 0 Å². The standard InChI is InChI=1S/C15H23FN2O/c16-15-5-2-1-4-14(15)6-8-17-7-3-9-18-10-12-19-13-11-18/h1-2,4-5,17H,3,6-13H2. The molecule has 4 heteroatoms. The molecule has 1 N–H and O–H groups in total. The topological polar surface area (TPSA) is 24.5 Å². The second kappa shape index (κ2) is 8.25. The van der Waals surface area contributed by atoms with Crippen molar-refractivity contribution in [2.75, 3.05) is 45.9 Å². The summed E-state index contributed by atoms with van der Waals surface area (Å²) in [4.78, 5) is 2.43. The summed E-state index contributed by atoms with van der Waals surface area (Å²) in [5.74, 6) is -0.0994. The fraction of sp³-hybridized carbons (Fsp3) is 0.600. The maximum atomic E-state index is 13.4. The lowest BCUT2D eigenvalue weighted by Crippen LogP contribution is -2.37. The second-order valence-corrected chi connectivity index (χ2v) is 4.90. The molecule has 3 nitrogen and oxygen atoms in total. The molecule has 0 bridgehead atoms. The van der Waals surface area contributed by atoms with Crippen LogP contribution in [0.25, 0.3) is 0 Å². The number of ether oxygens (including phenoxy) is 1. The van der Waals surface area contributed by atoms with Crippen LogP contribution in [0.3, 0.4) is 0 Å². The summed E-state index contributed by atoms with van der Waals surface area (Å²) in [6.07, 6.45) is 1.89. The molecule has 0 spiro atoms. The summed E-state index contributed by atoms with van der Waals surface area (Å²) >= 11 is 0. The fourth-order valence-corrected chi connectivity index (χ4v) is 2.30. The van der Waals surface area contributed by atoms with Crippen LogP contribution in [0.1, 0.15) is 12.0 Å². The van der Waals surface area contributed by atoms with E-state index in [1.807, 2.05) is 12.1 Å². The smallest absolute Gasteiger partial charge is 0.126 e. The summed E-state index contributed by atoms with van der Waals surface area (Å²) in [6, 6.07) is 6.99. The molecule has 0 amide bonds. The molecular formula is C15H23FN2O. The highest BCUT2D eigenvalue weighted by Crippen LogP contribution is 2.06. The van der Waals surface area contributed by atoms with Crippen molar-refractivity contribution in [1.82, 2.24) is 10.2 Å². The van der Waals surface area contributed by atoms with E-state index in [1.165, 1.54) is 6.07 Å². The predicted molar refractivity (Wildman–Crippen MR) is 74.8 cm³/mol. The van der Waals surface area contributed by atoms with Gasteiger partial charge in [0.1, 0.15) is 5.82 Å². The van der Waals surface area contributed by atoms with Gasteiger partial charge in [0.25, 0.3) is 0 Å². The Morgan fingerprint density at radius 1 is 1.16 bits per heavy atom. The molecule has 1 aliphatic heterocycles. The van der Waals surface area contributed by atoms with Crippen molar-refractivity contribution >= 4 is 0 Å². The quantitative estimate of drug-likeness (QED) is 0.760. The van der Waals surface area contributed by atoms with Crippen LogP contribution in [-0.2, 0) is 11.2 Å². The summed E-state index contributed by atoms with van der Waals surface area (Å²) in [5.41, 5.74) is 0.795. The molecule has 1 aromatic carbocycles. The minimum Gasteiger partial charge on any atom is -0.379 e. The lowest BCUT2D eigenvalue weighted by Gasteiger charge is -2.26. The van der Waals surface area contributed by atoms with E-state index in [0.29, 0.717) is 0 Å². The van der Waals surface area contributed by atoms with E-state index in [-0.39, 0.29) is 5.82 Å². The van der Waals surface area contributed by atoms with Crippen LogP contribution in [0, 0.1) is 5.82 Å². The van der Waals surface area contributed by atoms with Gasteiger partial charge in [-0.2, -0.15) is 0 Å². The number of hydrogen-bond acceptors (Lipinski definition) is 3. The third-order valence-corrected chi connectivity index (χ3v) is 3.46. The number of nitrogens with one attached hydrogen (secondary N) is 1. The van der Waals surface area contributed by atoms with Crippen molar-refractivity contribution in [1.29, 1.82) is 0 Å². The van der Waals surface area contributed by atoms with E-state index in [9.17, 15) is 4.39 Å². The van der Waals surface area contributed by atoms with Crippen molar-refractivity contribution in [2.45, 2.75) is 12.8 Å². The molecule has 1 saturated heterocycles. The van der Waals surface area contributed by atoms with Crippen LogP contribution in [0.2, 0.25) is 0 Å². The zero-order valence-electron chi connectivity index (χ0n) is 11.4. The van der Waals surface area contributed by atoms with Crippen LogP contribution in [0.5, 0.6) is 0 Å². The summed E-state index contributed by atoms with van der Waals surface area (Å²) in [5, 5.41) is 3.38. The van der Waals surface area contributed by atoms with E-state index in [0.717, 1.165) is 64.3 Å². The molecule has 2 rings (SSSR count). The molecule has 1 aromatic rings. The molecule has 1 heterocycles. The van der Waals surface area contributed by atoms with Gasteiger partial charge < -0.3 is 10.1 Å². The van der Waals surface area contributed by atoms with Crippen molar-refractivity contribution < 1.29 is 9.13 Å². The number of benzene rings is 1. The van der Waals surface area contributed by atoms with Gasteiger partial charge in [0, 0.05) is 13.1 Å². The van der Waals surface area contributed by atoms with Crippen LogP contribution >= 0.6 is 0 Å². The Morgan fingerprint density at radius 3 is 2.74 bits per heavy atom. The summed E-state index contributed by atoms with van der Waals surface area (Å²) in [7, 11) is 0. The molecule has 0 aromatic heterocycles. The molecule has 1 aliphatic rings. The average molecular weight is 266 g/mol. The highest BCUT2D eigenvalue weighted by molar-refractivity contribution is 5.17. The molecule has 19 heavy (non-hydrogen) atoms. The molecule has 0 unspecified atom stereocenters. The van der Waals surface area contributed by atoms with Crippen LogP contribution < -0.4 is 5.32 Å². The number of hydrogen-bond donors (Lipinski definition) is 1. The van der Waals surface area contributed by atoms with Gasteiger partial charge in [-0.25, -0.2) is 4.39 Å². The SMILES string of the molecule is Fc1ccccc1CCNCCCN1CCOCC1. The fourth-order valence-electron chi connectivity index (χ4n) is 2.30. The summed E-state index contributed by atoms with van der Waals surface area (Å²) in [6.45, 7) is 6.78. The minimum absolute atomic E-state index is 0.0994. The molecule has 0 saturated carbocycles. The number of halogens is 1. The molecule has 106 valence electrons. The Bertz CT molecular complexity index is 367. The third-order valence-electron chi connectivity index (χ3n) is 3.46. The Hall–Kier alpha value is -0.970. The van der Waals surface area contributed by atoms with E-state index in [4.69, 9.17) is 4.74 Å². The van der Waals surface area contributed by atoms with Crippen molar-refractivity contribution in [3.05, 3.63) is 35.6 Å². The van der Waals surface area contributed by atoms with Gasteiger partial charge in [-0.3, -0.25) is 4.90 Å². The van der Waals surface area contributed by atoms with Gasteiger partial charge in [0.2, 0.25) is 0 Å². The van der Waals surface area contributed by atoms with Crippen LogP contribution in [0.4, 0.5) is 4.39 Å². The molecule has 1 fully saturated rings. The first-order chi connectivity index (χ1) is 9.36. The number of rotatable bonds is 7. The first-order valence-corrected chi connectivity index (χ1v) is 7.10. The number of morpholine rings is 1. The maximum Gasteiger partial charge on any atom is 0.126 e. The Balaban J connectivity index is 1.51. The van der Waals surface area contributed by atoms with Gasteiger partial charge in [-0.1, -0.05) is 18.2 Å². The third kappa shape index (κ3) is 5.27. The van der Waals surface area contributed by atoms with Crippen molar-refractivity contribution in [2.24, 2.45) is 0 Å². The molecular weight excluding hydrogens is 243 g/mol. The molecule has 0 atom stereocenters. The van der Waals surface area contributed by atoms with E-state index in [2.05, 4.69) is 10.2 Å². The van der Waals surface area contributed by atoms with Crippen LogP contribution in [-0.4, -0.2) is 50.8 Å². The Labute approximate surface area is 114 Å². The predicted octanol–water partition coefficient (Wildman–Crippen LogP) is 1.68. The van der Waals surface area contributed by atoms with Crippen molar-refractivity contribution in [3.8, 4) is 0 Å². The monoisotopic (exact) mass is 266 g/mol. The first-order valence-electron chi connectivity index (χ1n) is 7.10. The van der Waals surface area contributed by atoms with Gasteiger partial charge in [0.15, 0.2) is 0 Å². The highest BCUT2D eigenvalue weighted by Gasteiger charge is 2.08. The van der Waals surface area contributed by atoms with Gasteiger partial charge in [-0.15, -0.1) is 0 Å². The Morgan fingerprint density at radius 2 is 1.95 bits per heavy atom. The Kier molecular flexibility index (Phi) is 6.27. The highest BCUT2D eigenvalue weighted by atomic mass is 19.1. The normalized spacial score (nSPS) is 16.7. The summed E-state index contributed by atoms with van der Waals surface area (Å²) < 4.78 is 18.7. The first kappa shape index (κ1) is 14.4. The minimum atomic E-state index is -0.0994. The molecule has 0 radical (unpaired) electrons. The largest absolute Gasteiger partial charge is 0.379 e. The maximum absolute atomic E-state index is 13.4. The van der Waals surface area contributed by atoms with Crippen LogP contribution in [0.15, 0.2) is 24.3 Å². The zero-order valence-corrected chi connectivity index (χ0v) is 11.4. The molecule has 0 aliphatic carbocycles. The van der Waals surface area contributed by atoms with Gasteiger partial charge in [0.05, 0.1) is 13.2 Å². The van der Waals surface area contributed by atoms with Gasteiger partial charge in [-0.05, 0) is 44.1 Å². The number of nitrogens with zero attached hydrogens (tertiary/aromatic N) is 1. The lowest BCUT2D eigenvalue weighted by atomic mass is 10.1. The van der Waals surface area contributed by atoms with Crippen molar-refractivity contribution in [3.63, 3.8) is 0 Å². The van der Waals surface area contributed by atoms with E-state index in [1.54, 1.807) is 6.07 Å². The zero-order chi connectivity index (χ0) is 13.3. The van der Waals surface area contributed by atoms with Gasteiger partial charge >= 0.3 is 0 Å².